The first kappa shape index (κ1) is 16.3. The largest absolute Gasteiger partial charge is 0.494 e. The van der Waals surface area contributed by atoms with Crippen molar-refractivity contribution in [2.24, 2.45) is 5.92 Å². The van der Waals surface area contributed by atoms with Crippen LogP contribution in [0.15, 0.2) is 29.2 Å². The minimum absolute atomic E-state index is 0.0203. The van der Waals surface area contributed by atoms with Crippen LogP contribution in [0.3, 0.4) is 0 Å². The predicted octanol–water partition coefficient (Wildman–Crippen LogP) is 1.91. The second-order valence-corrected chi connectivity index (χ2v) is 7.14. The molecule has 2 atom stereocenters. The molecule has 1 aromatic carbocycles. The molecule has 0 aliphatic heterocycles. The maximum atomic E-state index is 12.3. The van der Waals surface area contributed by atoms with E-state index in [0.29, 0.717) is 12.4 Å². The Morgan fingerprint density at radius 2 is 2.00 bits per heavy atom. The van der Waals surface area contributed by atoms with Gasteiger partial charge >= 0.3 is 0 Å². The van der Waals surface area contributed by atoms with Crippen molar-refractivity contribution in [3.8, 4) is 5.75 Å². The van der Waals surface area contributed by atoms with Crippen molar-refractivity contribution in [3.63, 3.8) is 0 Å². The highest BCUT2D eigenvalue weighted by Crippen LogP contribution is 2.27. The smallest absolute Gasteiger partial charge is 0.240 e. The topological polar surface area (TPSA) is 75.6 Å². The minimum atomic E-state index is -3.54. The molecule has 5 nitrogen and oxygen atoms in total. The summed E-state index contributed by atoms with van der Waals surface area (Å²) >= 11 is 0. The van der Waals surface area contributed by atoms with E-state index in [1.165, 1.54) is 0 Å². The molecule has 21 heavy (non-hydrogen) atoms. The highest BCUT2D eigenvalue weighted by Gasteiger charge is 2.30. The van der Waals surface area contributed by atoms with Crippen molar-refractivity contribution in [1.82, 2.24) is 4.72 Å². The van der Waals surface area contributed by atoms with Crippen LogP contribution in [-0.4, -0.2) is 32.8 Å². The van der Waals surface area contributed by atoms with Crippen LogP contribution < -0.4 is 9.46 Å². The second-order valence-electron chi connectivity index (χ2n) is 5.42. The lowest BCUT2D eigenvalue weighted by Gasteiger charge is -2.19. The Kier molecular flexibility index (Phi) is 5.61. The van der Waals surface area contributed by atoms with Gasteiger partial charge in [0.1, 0.15) is 5.75 Å². The number of hydrogen-bond donors (Lipinski definition) is 2. The van der Waals surface area contributed by atoms with E-state index in [9.17, 15) is 13.5 Å². The predicted molar refractivity (Wildman–Crippen MR) is 80.8 cm³/mol. The zero-order valence-electron chi connectivity index (χ0n) is 12.3. The first-order valence-corrected chi connectivity index (χ1v) is 8.91. The van der Waals surface area contributed by atoms with Crippen LogP contribution in [0.4, 0.5) is 0 Å². The van der Waals surface area contributed by atoms with Crippen molar-refractivity contribution < 1.29 is 18.3 Å². The van der Waals surface area contributed by atoms with Crippen LogP contribution in [-0.2, 0) is 10.0 Å². The van der Waals surface area contributed by atoms with Gasteiger partial charge in [0, 0.05) is 12.6 Å². The van der Waals surface area contributed by atoms with E-state index < -0.39 is 10.0 Å². The molecular weight excluding hydrogens is 290 g/mol. The molecule has 0 saturated heterocycles. The van der Waals surface area contributed by atoms with Crippen molar-refractivity contribution in [2.75, 3.05) is 13.2 Å². The summed E-state index contributed by atoms with van der Waals surface area (Å²) in [6.45, 7) is 2.66. The fourth-order valence-electron chi connectivity index (χ4n) is 2.61. The summed E-state index contributed by atoms with van der Waals surface area (Å²) < 4.78 is 32.8. The van der Waals surface area contributed by atoms with Gasteiger partial charge in [-0.3, -0.25) is 0 Å². The van der Waals surface area contributed by atoms with Crippen molar-refractivity contribution >= 4 is 10.0 Å². The van der Waals surface area contributed by atoms with Gasteiger partial charge in [0.05, 0.1) is 11.5 Å². The van der Waals surface area contributed by atoms with Crippen LogP contribution in [0.25, 0.3) is 0 Å². The molecule has 0 spiro atoms. The van der Waals surface area contributed by atoms with Crippen LogP contribution in [0.2, 0.25) is 0 Å². The minimum Gasteiger partial charge on any atom is -0.494 e. The van der Waals surface area contributed by atoms with Gasteiger partial charge in [-0.25, -0.2) is 13.1 Å². The average molecular weight is 313 g/mol. The third kappa shape index (κ3) is 4.18. The summed E-state index contributed by atoms with van der Waals surface area (Å²) in [7, 11) is -3.54. The summed E-state index contributed by atoms with van der Waals surface area (Å²) in [4.78, 5) is 0.231. The van der Waals surface area contributed by atoms with E-state index in [-0.39, 0.29) is 23.5 Å². The monoisotopic (exact) mass is 313 g/mol. The molecule has 1 aliphatic carbocycles. The van der Waals surface area contributed by atoms with E-state index in [1.54, 1.807) is 24.3 Å². The lowest BCUT2D eigenvalue weighted by molar-refractivity contribution is 0.213. The molecule has 1 aromatic rings. The van der Waals surface area contributed by atoms with E-state index in [4.69, 9.17) is 4.74 Å². The van der Waals surface area contributed by atoms with Crippen LogP contribution >= 0.6 is 0 Å². The SMILES string of the molecule is CCCOc1ccc(S(=O)(=O)NC2CCCC2CO)cc1. The molecular formula is C15H23NO4S. The first-order chi connectivity index (χ1) is 10.1. The summed E-state index contributed by atoms with van der Waals surface area (Å²) in [5.74, 6) is 0.692. The van der Waals surface area contributed by atoms with Gasteiger partial charge in [-0.05, 0) is 49.4 Å². The van der Waals surface area contributed by atoms with Gasteiger partial charge in [-0.15, -0.1) is 0 Å². The molecule has 0 heterocycles. The lowest BCUT2D eigenvalue weighted by atomic mass is 10.1. The molecule has 2 N–H and O–H groups in total. The standard InChI is InChI=1S/C15H23NO4S/c1-2-10-20-13-6-8-14(9-7-13)21(18,19)16-15-5-3-4-12(15)11-17/h6-9,12,15-17H,2-5,10-11H2,1H3. The van der Waals surface area contributed by atoms with E-state index in [1.807, 2.05) is 6.92 Å². The molecule has 0 bridgehead atoms. The summed E-state index contributed by atoms with van der Waals surface area (Å²) in [6, 6.07) is 6.27. The lowest BCUT2D eigenvalue weighted by Crippen LogP contribution is -2.38. The summed E-state index contributed by atoms with van der Waals surface area (Å²) in [5, 5.41) is 9.27. The molecule has 1 fully saturated rings. The maximum Gasteiger partial charge on any atom is 0.240 e. The Balaban J connectivity index is 2.05. The normalized spacial score (nSPS) is 22.4. The zero-order valence-corrected chi connectivity index (χ0v) is 13.1. The fourth-order valence-corrected chi connectivity index (χ4v) is 3.95. The number of sulfonamides is 1. The number of aliphatic hydroxyl groups excluding tert-OH is 1. The average Bonchev–Trinajstić information content (AvgIpc) is 2.92. The summed E-state index contributed by atoms with van der Waals surface area (Å²) in [5.41, 5.74) is 0. The molecule has 118 valence electrons. The fraction of sp³-hybridized carbons (Fsp3) is 0.600. The molecule has 0 amide bonds. The van der Waals surface area contributed by atoms with E-state index >= 15 is 0 Å². The van der Waals surface area contributed by atoms with Crippen molar-refractivity contribution in [2.45, 2.75) is 43.5 Å². The molecule has 0 radical (unpaired) electrons. The first-order valence-electron chi connectivity index (χ1n) is 7.43. The number of hydrogen-bond acceptors (Lipinski definition) is 4. The van der Waals surface area contributed by atoms with Gasteiger partial charge < -0.3 is 9.84 Å². The highest BCUT2D eigenvalue weighted by atomic mass is 32.2. The van der Waals surface area contributed by atoms with Crippen molar-refractivity contribution in [1.29, 1.82) is 0 Å². The molecule has 2 rings (SSSR count). The van der Waals surface area contributed by atoms with Gasteiger partial charge in [0.25, 0.3) is 0 Å². The summed E-state index contributed by atoms with van der Waals surface area (Å²) in [6.07, 6.45) is 3.50. The number of ether oxygens (including phenoxy) is 1. The third-order valence-corrected chi connectivity index (χ3v) is 5.31. The van der Waals surface area contributed by atoms with Crippen molar-refractivity contribution in [3.05, 3.63) is 24.3 Å². The van der Waals surface area contributed by atoms with Crippen LogP contribution in [0.1, 0.15) is 32.6 Å². The van der Waals surface area contributed by atoms with E-state index in [2.05, 4.69) is 4.72 Å². The molecule has 2 unspecified atom stereocenters. The number of rotatable bonds is 7. The number of nitrogens with one attached hydrogen (secondary N) is 1. The van der Waals surface area contributed by atoms with Gasteiger partial charge in [-0.1, -0.05) is 13.3 Å². The Bertz CT molecular complexity index is 541. The molecule has 1 saturated carbocycles. The van der Waals surface area contributed by atoms with Gasteiger partial charge in [0.2, 0.25) is 10.0 Å². The molecule has 1 aliphatic rings. The Hall–Kier alpha value is -1.11. The highest BCUT2D eigenvalue weighted by molar-refractivity contribution is 7.89. The van der Waals surface area contributed by atoms with E-state index in [0.717, 1.165) is 25.7 Å². The molecule has 0 aromatic heterocycles. The number of benzene rings is 1. The number of aliphatic hydroxyl groups is 1. The van der Waals surface area contributed by atoms with Gasteiger partial charge in [-0.2, -0.15) is 0 Å². The van der Waals surface area contributed by atoms with Crippen LogP contribution in [0, 0.1) is 5.92 Å². The zero-order chi connectivity index (χ0) is 15.3. The van der Waals surface area contributed by atoms with Crippen LogP contribution in [0.5, 0.6) is 5.75 Å². The van der Waals surface area contributed by atoms with Gasteiger partial charge in [0.15, 0.2) is 0 Å². The Morgan fingerprint density at radius 1 is 1.29 bits per heavy atom. The Morgan fingerprint density at radius 3 is 2.62 bits per heavy atom. The maximum absolute atomic E-state index is 12.3. The third-order valence-electron chi connectivity index (χ3n) is 3.81. The quantitative estimate of drug-likeness (QED) is 0.806. The molecule has 6 heteroatoms. The Labute approximate surface area is 126 Å². The second kappa shape index (κ2) is 7.24.